The van der Waals surface area contributed by atoms with E-state index < -0.39 is 0 Å². The van der Waals surface area contributed by atoms with E-state index in [9.17, 15) is 0 Å². The van der Waals surface area contributed by atoms with Gasteiger partial charge in [0, 0.05) is 5.38 Å². The third-order valence-electron chi connectivity index (χ3n) is 2.07. The zero-order valence-electron chi connectivity index (χ0n) is 8.84. The Bertz CT molecular complexity index is 504. The SMILES string of the molecule is Cc1ccccc1C=NNc1nc(N)cs1. The number of aryl methyl sites for hydroxylation is 1. The lowest BCUT2D eigenvalue weighted by Crippen LogP contribution is -1.92. The Hall–Kier alpha value is -1.88. The first kappa shape index (κ1) is 10.6. The standard InChI is InChI=1S/C11H12N4S/c1-8-4-2-3-5-9(8)6-13-15-11-14-10(12)7-16-11/h2-7H,12H2,1H3,(H,14,15). The summed E-state index contributed by atoms with van der Waals surface area (Å²) in [5.74, 6) is 0.513. The van der Waals surface area contributed by atoms with Crippen molar-refractivity contribution in [1.82, 2.24) is 4.98 Å². The zero-order valence-corrected chi connectivity index (χ0v) is 9.66. The van der Waals surface area contributed by atoms with E-state index >= 15 is 0 Å². The summed E-state index contributed by atoms with van der Waals surface area (Å²) < 4.78 is 0. The largest absolute Gasteiger partial charge is 0.383 e. The van der Waals surface area contributed by atoms with Gasteiger partial charge in [0.25, 0.3) is 0 Å². The molecule has 1 heterocycles. The molecule has 3 N–H and O–H groups in total. The molecule has 0 saturated carbocycles. The molecule has 0 radical (unpaired) electrons. The van der Waals surface area contributed by atoms with Crippen LogP contribution in [0, 0.1) is 6.92 Å². The fourth-order valence-corrected chi connectivity index (χ4v) is 1.77. The Labute approximate surface area is 97.8 Å². The number of hydrogen-bond donors (Lipinski definition) is 2. The number of hydrogen-bond acceptors (Lipinski definition) is 5. The third-order valence-corrected chi connectivity index (χ3v) is 2.84. The summed E-state index contributed by atoms with van der Waals surface area (Å²) in [5.41, 5.74) is 10.6. The summed E-state index contributed by atoms with van der Waals surface area (Å²) in [5, 5.41) is 6.57. The molecular weight excluding hydrogens is 220 g/mol. The van der Waals surface area contributed by atoms with Gasteiger partial charge in [-0.25, -0.2) is 4.98 Å². The van der Waals surface area contributed by atoms with Gasteiger partial charge in [0.15, 0.2) is 0 Å². The van der Waals surface area contributed by atoms with Crippen LogP contribution in [0.1, 0.15) is 11.1 Å². The quantitative estimate of drug-likeness (QED) is 0.631. The summed E-state index contributed by atoms with van der Waals surface area (Å²) in [4.78, 5) is 4.04. The molecule has 4 nitrogen and oxygen atoms in total. The topological polar surface area (TPSA) is 63.3 Å². The number of nitrogen functional groups attached to an aromatic ring is 1. The van der Waals surface area contributed by atoms with Gasteiger partial charge in [-0.2, -0.15) is 5.10 Å². The normalized spacial score (nSPS) is 10.8. The van der Waals surface area contributed by atoms with Crippen molar-refractivity contribution >= 4 is 28.5 Å². The Balaban J connectivity index is 2.03. The molecule has 0 atom stereocenters. The van der Waals surface area contributed by atoms with Gasteiger partial charge >= 0.3 is 0 Å². The molecule has 0 fully saturated rings. The molecule has 2 aromatic rings. The van der Waals surface area contributed by atoms with Crippen LogP contribution in [0.15, 0.2) is 34.7 Å². The maximum atomic E-state index is 5.49. The van der Waals surface area contributed by atoms with Crippen LogP contribution < -0.4 is 11.2 Å². The number of benzene rings is 1. The number of hydrazone groups is 1. The molecule has 0 amide bonds. The number of nitrogens with two attached hydrogens (primary N) is 1. The Morgan fingerprint density at radius 2 is 2.25 bits per heavy atom. The molecule has 0 spiro atoms. The van der Waals surface area contributed by atoms with E-state index in [1.807, 2.05) is 31.2 Å². The average Bonchev–Trinajstić information content (AvgIpc) is 2.67. The highest BCUT2D eigenvalue weighted by molar-refractivity contribution is 7.14. The lowest BCUT2D eigenvalue weighted by molar-refractivity contribution is 1.29. The number of rotatable bonds is 3. The van der Waals surface area contributed by atoms with Crippen LogP contribution in [-0.4, -0.2) is 11.2 Å². The molecule has 0 unspecified atom stereocenters. The second kappa shape index (κ2) is 4.76. The molecule has 0 bridgehead atoms. The lowest BCUT2D eigenvalue weighted by Gasteiger charge is -1.97. The summed E-state index contributed by atoms with van der Waals surface area (Å²) in [6, 6.07) is 8.04. The maximum Gasteiger partial charge on any atom is 0.205 e. The van der Waals surface area contributed by atoms with E-state index in [4.69, 9.17) is 5.73 Å². The monoisotopic (exact) mass is 232 g/mol. The minimum atomic E-state index is 0.513. The minimum absolute atomic E-state index is 0.513. The molecule has 0 aliphatic carbocycles. The van der Waals surface area contributed by atoms with Crippen LogP contribution in [0.2, 0.25) is 0 Å². The van der Waals surface area contributed by atoms with Crippen molar-refractivity contribution in [3.05, 3.63) is 40.8 Å². The number of thiazole rings is 1. The van der Waals surface area contributed by atoms with Crippen molar-refractivity contribution in [1.29, 1.82) is 0 Å². The van der Waals surface area contributed by atoms with Gasteiger partial charge in [-0.3, -0.25) is 5.43 Å². The van der Waals surface area contributed by atoms with E-state index in [0.717, 1.165) is 5.56 Å². The van der Waals surface area contributed by atoms with Gasteiger partial charge < -0.3 is 5.73 Å². The van der Waals surface area contributed by atoms with Crippen LogP contribution in [-0.2, 0) is 0 Å². The molecular formula is C11H12N4S. The predicted molar refractivity (Wildman–Crippen MR) is 68.9 cm³/mol. The molecule has 0 saturated heterocycles. The fraction of sp³-hybridized carbons (Fsp3) is 0.0909. The molecule has 0 aliphatic heterocycles. The van der Waals surface area contributed by atoms with Crippen LogP contribution in [0.4, 0.5) is 10.9 Å². The van der Waals surface area contributed by atoms with E-state index in [1.165, 1.54) is 16.9 Å². The van der Waals surface area contributed by atoms with Crippen LogP contribution in [0.5, 0.6) is 0 Å². The highest BCUT2D eigenvalue weighted by Gasteiger charge is 1.95. The Morgan fingerprint density at radius 3 is 2.94 bits per heavy atom. The van der Waals surface area contributed by atoms with E-state index in [-0.39, 0.29) is 0 Å². The second-order valence-electron chi connectivity index (χ2n) is 3.30. The van der Waals surface area contributed by atoms with Crippen molar-refractivity contribution in [3.8, 4) is 0 Å². The number of anilines is 2. The van der Waals surface area contributed by atoms with Gasteiger partial charge in [-0.05, 0) is 18.1 Å². The van der Waals surface area contributed by atoms with E-state index in [1.54, 1.807) is 11.6 Å². The van der Waals surface area contributed by atoms with E-state index in [0.29, 0.717) is 10.9 Å². The van der Waals surface area contributed by atoms with Crippen LogP contribution >= 0.6 is 11.3 Å². The lowest BCUT2D eigenvalue weighted by atomic mass is 10.1. The first-order valence-electron chi connectivity index (χ1n) is 4.81. The van der Waals surface area contributed by atoms with Crippen molar-refractivity contribution in [2.24, 2.45) is 5.10 Å². The van der Waals surface area contributed by atoms with Gasteiger partial charge in [0.1, 0.15) is 5.82 Å². The second-order valence-corrected chi connectivity index (χ2v) is 4.16. The highest BCUT2D eigenvalue weighted by Crippen LogP contribution is 2.16. The molecule has 16 heavy (non-hydrogen) atoms. The zero-order chi connectivity index (χ0) is 11.4. The summed E-state index contributed by atoms with van der Waals surface area (Å²) in [7, 11) is 0. The van der Waals surface area contributed by atoms with Crippen LogP contribution in [0.3, 0.4) is 0 Å². The van der Waals surface area contributed by atoms with Gasteiger partial charge in [-0.15, -0.1) is 11.3 Å². The number of nitrogens with zero attached hydrogens (tertiary/aromatic N) is 2. The first-order valence-corrected chi connectivity index (χ1v) is 5.69. The average molecular weight is 232 g/mol. The van der Waals surface area contributed by atoms with Crippen molar-refractivity contribution in [3.63, 3.8) is 0 Å². The Kier molecular flexibility index (Phi) is 3.16. The first-order chi connectivity index (χ1) is 7.75. The fourth-order valence-electron chi connectivity index (χ4n) is 1.23. The van der Waals surface area contributed by atoms with Crippen molar-refractivity contribution in [2.75, 3.05) is 11.2 Å². The highest BCUT2D eigenvalue weighted by atomic mass is 32.1. The molecule has 5 heteroatoms. The third kappa shape index (κ3) is 2.58. The van der Waals surface area contributed by atoms with E-state index in [2.05, 4.69) is 15.5 Å². The number of aromatic nitrogens is 1. The van der Waals surface area contributed by atoms with Gasteiger partial charge in [0.2, 0.25) is 5.13 Å². The Morgan fingerprint density at radius 1 is 1.44 bits per heavy atom. The minimum Gasteiger partial charge on any atom is -0.383 e. The molecule has 1 aromatic heterocycles. The van der Waals surface area contributed by atoms with Crippen molar-refractivity contribution < 1.29 is 0 Å². The smallest absolute Gasteiger partial charge is 0.205 e. The van der Waals surface area contributed by atoms with Crippen molar-refractivity contribution in [2.45, 2.75) is 6.92 Å². The summed E-state index contributed by atoms with van der Waals surface area (Å²) in [6.07, 6.45) is 1.77. The maximum absolute atomic E-state index is 5.49. The predicted octanol–water partition coefficient (Wildman–Crippen LogP) is 2.48. The molecule has 1 aromatic carbocycles. The summed E-state index contributed by atoms with van der Waals surface area (Å²) in [6.45, 7) is 2.04. The summed E-state index contributed by atoms with van der Waals surface area (Å²) >= 11 is 1.43. The molecule has 2 rings (SSSR count). The van der Waals surface area contributed by atoms with Gasteiger partial charge in [-0.1, -0.05) is 24.3 Å². The number of nitrogens with one attached hydrogen (secondary N) is 1. The van der Waals surface area contributed by atoms with Gasteiger partial charge in [0.05, 0.1) is 6.21 Å². The van der Waals surface area contributed by atoms with Crippen LogP contribution in [0.25, 0.3) is 0 Å². The molecule has 82 valence electrons. The molecule has 0 aliphatic rings.